The summed E-state index contributed by atoms with van der Waals surface area (Å²) >= 11 is 0. The zero-order valence-electron chi connectivity index (χ0n) is 9.00. The molecule has 0 aromatic carbocycles. The van der Waals surface area contributed by atoms with E-state index >= 15 is 0 Å². The fourth-order valence-electron chi connectivity index (χ4n) is 1.78. The standard InChI is InChI=1S/C9H12N4O4/c14-8(15)3-6-9(16)10-1-2-13(6)4-7-11-5-17-12-7/h5-6H,1-4H2,(H,10,16)(H,14,15). The van der Waals surface area contributed by atoms with Gasteiger partial charge in [0, 0.05) is 13.1 Å². The van der Waals surface area contributed by atoms with Gasteiger partial charge in [-0.3, -0.25) is 14.5 Å². The molecule has 2 rings (SSSR count). The van der Waals surface area contributed by atoms with Crippen molar-refractivity contribution in [3.8, 4) is 0 Å². The molecule has 2 N–H and O–H groups in total. The van der Waals surface area contributed by atoms with Crippen molar-refractivity contribution in [2.45, 2.75) is 19.0 Å². The summed E-state index contributed by atoms with van der Waals surface area (Å²) in [6.45, 7) is 1.37. The summed E-state index contributed by atoms with van der Waals surface area (Å²) < 4.78 is 4.59. The quantitative estimate of drug-likeness (QED) is 0.683. The maximum atomic E-state index is 11.6. The molecule has 1 atom stereocenters. The molecule has 1 aliphatic heterocycles. The largest absolute Gasteiger partial charge is 0.481 e. The summed E-state index contributed by atoms with van der Waals surface area (Å²) in [4.78, 5) is 27.9. The number of carbonyl (C=O) groups is 2. The third-order valence-corrected chi connectivity index (χ3v) is 2.56. The normalized spacial score (nSPS) is 21.2. The molecule has 1 aromatic heterocycles. The van der Waals surface area contributed by atoms with E-state index in [-0.39, 0.29) is 12.3 Å². The van der Waals surface area contributed by atoms with E-state index in [2.05, 4.69) is 20.0 Å². The van der Waals surface area contributed by atoms with E-state index in [0.717, 1.165) is 0 Å². The summed E-state index contributed by atoms with van der Waals surface area (Å²) in [5, 5.41) is 15.1. The molecule has 1 aliphatic rings. The van der Waals surface area contributed by atoms with Crippen LogP contribution < -0.4 is 5.32 Å². The van der Waals surface area contributed by atoms with Crippen LogP contribution in [-0.4, -0.2) is 51.2 Å². The molecule has 0 bridgehead atoms. The monoisotopic (exact) mass is 240 g/mol. The Bertz CT molecular complexity index is 405. The van der Waals surface area contributed by atoms with Crippen molar-refractivity contribution >= 4 is 11.9 Å². The lowest BCUT2D eigenvalue weighted by Gasteiger charge is -2.33. The van der Waals surface area contributed by atoms with E-state index in [0.29, 0.717) is 25.5 Å². The summed E-state index contributed by atoms with van der Waals surface area (Å²) in [7, 11) is 0. The number of hydrogen-bond donors (Lipinski definition) is 2. The number of carboxylic acids is 1. The van der Waals surface area contributed by atoms with Crippen LogP contribution in [0.3, 0.4) is 0 Å². The van der Waals surface area contributed by atoms with Gasteiger partial charge in [-0.25, -0.2) is 0 Å². The molecule has 0 saturated carbocycles. The molecule has 1 fully saturated rings. The fraction of sp³-hybridized carbons (Fsp3) is 0.556. The minimum Gasteiger partial charge on any atom is -0.481 e. The van der Waals surface area contributed by atoms with Gasteiger partial charge in [0.2, 0.25) is 12.3 Å². The second kappa shape index (κ2) is 4.91. The molecule has 1 saturated heterocycles. The van der Waals surface area contributed by atoms with Crippen LogP contribution in [0, 0.1) is 0 Å². The summed E-state index contributed by atoms with van der Waals surface area (Å²) in [6.07, 6.45) is 0.967. The molecule has 1 unspecified atom stereocenters. The van der Waals surface area contributed by atoms with Crippen LogP contribution in [0.1, 0.15) is 12.2 Å². The number of hydrogen-bond acceptors (Lipinski definition) is 6. The number of rotatable bonds is 4. The number of aliphatic carboxylic acids is 1. The molecule has 0 radical (unpaired) electrons. The smallest absolute Gasteiger partial charge is 0.305 e. The fourth-order valence-corrected chi connectivity index (χ4v) is 1.78. The van der Waals surface area contributed by atoms with Crippen molar-refractivity contribution in [1.29, 1.82) is 0 Å². The number of carboxylic acid groups (broad SMARTS) is 1. The van der Waals surface area contributed by atoms with Crippen LogP contribution in [-0.2, 0) is 16.1 Å². The summed E-state index contributed by atoms with van der Waals surface area (Å²) in [5.74, 6) is -0.845. The molecular weight excluding hydrogens is 228 g/mol. The molecular formula is C9H12N4O4. The first kappa shape index (κ1) is 11.5. The van der Waals surface area contributed by atoms with Crippen LogP contribution in [0.15, 0.2) is 10.9 Å². The van der Waals surface area contributed by atoms with Crippen molar-refractivity contribution in [1.82, 2.24) is 20.4 Å². The highest BCUT2D eigenvalue weighted by molar-refractivity contribution is 5.86. The topological polar surface area (TPSA) is 109 Å². The Balaban J connectivity index is 2.06. The number of nitrogens with one attached hydrogen (secondary N) is 1. The first-order chi connectivity index (χ1) is 8.16. The Labute approximate surface area is 96.6 Å². The van der Waals surface area contributed by atoms with Gasteiger partial charge in [-0.05, 0) is 0 Å². The average molecular weight is 240 g/mol. The van der Waals surface area contributed by atoms with Crippen LogP contribution in [0.25, 0.3) is 0 Å². The van der Waals surface area contributed by atoms with Crippen molar-refractivity contribution < 1.29 is 19.2 Å². The number of nitrogens with zero attached hydrogens (tertiary/aromatic N) is 3. The number of carbonyl (C=O) groups excluding carboxylic acids is 1. The van der Waals surface area contributed by atoms with E-state index in [1.54, 1.807) is 4.90 Å². The lowest BCUT2D eigenvalue weighted by molar-refractivity contribution is -0.143. The second-order valence-corrected chi connectivity index (χ2v) is 3.72. The van der Waals surface area contributed by atoms with Gasteiger partial charge in [0.25, 0.3) is 0 Å². The number of piperazine rings is 1. The highest BCUT2D eigenvalue weighted by atomic mass is 16.5. The van der Waals surface area contributed by atoms with Gasteiger partial charge in [-0.2, -0.15) is 4.98 Å². The van der Waals surface area contributed by atoms with Crippen molar-refractivity contribution in [3.05, 3.63) is 12.2 Å². The molecule has 0 spiro atoms. The lowest BCUT2D eigenvalue weighted by Crippen LogP contribution is -2.55. The Morgan fingerprint density at radius 3 is 3.18 bits per heavy atom. The minimum absolute atomic E-state index is 0.232. The maximum Gasteiger partial charge on any atom is 0.305 e. The Morgan fingerprint density at radius 1 is 1.71 bits per heavy atom. The SMILES string of the molecule is O=C(O)CC1C(=O)NCCN1Cc1ncon1. The van der Waals surface area contributed by atoms with E-state index in [1.165, 1.54) is 6.39 Å². The van der Waals surface area contributed by atoms with E-state index < -0.39 is 12.0 Å². The molecule has 8 heteroatoms. The van der Waals surface area contributed by atoms with Gasteiger partial charge < -0.3 is 14.9 Å². The van der Waals surface area contributed by atoms with Crippen LogP contribution >= 0.6 is 0 Å². The summed E-state index contributed by atoms with van der Waals surface area (Å²) in [5.41, 5.74) is 0. The van der Waals surface area contributed by atoms with Gasteiger partial charge in [0.05, 0.1) is 13.0 Å². The minimum atomic E-state index is -1.01. The third kappa shape index (κ3) is 2.78. The zero-order chi connectivity index (χ0) is 12.3. The molecule has 0 aliphatic carbocycles. The molecule has 1 aromatic rings. The van der Waals surface area contributed by atoms with Crippen molar-refractivity contribution in [3.63, 3.8) is 0 Å². The Morgan fingerprint density at radius 2 is 2.53 bits per heavy atom. The number of aromatic nitrogens is 2. The van der Waals surface area contributed by atoms with Crippen molar-refractivity contribution in [2.75, 3.05) is 13.1 Å². The van der Waals surface area contributed by atoms with Crippen molar-refractivity contribution in [2.24, 2.45) is 0 Å². The Hall–Kier alpha value is -1.96. The Kier molecular flexibility index (Phi) is 3.33. The van der Waals surface area contributed by atoms with Gasteiger partial charge in [-0.1, -0.05) is 5.16 Å². The van der Waals surface area contributed by atoms with E-state index in [9.17, 15) is 9.59 Å². The molecule has 17 heavy (non-hydrogen) atoms. The summed E-state index contributed by atoms with van der Waals surface area (Å²) in [6, 6.07) is -0.681. The van der Waals surface area contributed by atoms with Gasteiger partial charge in [-0.15, -0.1) is 0 Å². The highest BCUT2D eigenvalue weighted by Crippen LogP contribution is 2.11. The first-order valence-corrected chi connectivity index (χ1v) is 5.15. The van der Waals surface area contributed by atoms with E-state index in [4.69, 9.17) is 5.11 Å². The zero-order valence-corrected chi connectivity index (χ0v) is 9.00. The lowest BCUT2D eigenvalue weighted by atomic mass is 10.1. The maximum absolute atomic E-state index is 11.6. The van der Waals surface area contributed by atoms with Crippen LogP contribution in [0.4, 0.5) is 0 Å². The number of amides is 1. The van der Waals surface area contributed by atoms with Crippen LogP contribution in [0.2, 0.25) is 0 Å². The van der Waals surface area contributed by atoms with Crippen LogP contribution in [0.5, 0.6) is 0 Å². The third-order valence-electron chi connectivity index (χ3n) is 2.56. The highest BCUT2D eigenvalue weighted by Gasteiger charge is 2.32. The van der Waals surface area contributed by atoms with Gasteiger partial charge >= 0.3 is 5.97 Å². The predicted molar refractivity (Wildman–Crippen MR) is 53.8 cm³/mol. The molecule has 1 amide bonds. The van der Waals surface area contributed by atoms with E-state index in [1.807, 2.05) is 0 Å². The molecule has 8 nitrogen and oxygen atoms in total. The second-order valence-electron chi connectivity index (χ2n) is 3.72. The molecule has 2 heterocycles. The molecule has 92 valence electrons. The first-order valence-electron chi connectivity index (χ1n) is 5.15. The van der Waals surface area contributed by atoms with Gasteiger partial charge in [0.1, 0.15) is 6.04 Å². The van der Waals surface area contributed by atoms with Gasteiger partial charge in [0.15, 0.2) is 5.82 Å². The average Bonchev–Trinajstić information content (AvgIpc) is 2.75. The predicted octanol–water partition coefficient (Wildman–Crippen LogP) is -1.16.